The van der Waals surface area contributed by atoms with Crippen LogP contribution in [0.25, 0.3) is 6.08 Å². The second kappa shape index (κ2) is 10.4. The predicted octanol–water partition coefficient (Wildman–Crippen LogP) is 3.18. The van der Waals surface area contributed by atoms with E-state index >= 15 is 0 Å². The Hall–Kier alpha value is -3.11. The number of nitrogens with one attached hydrogen (secondary N) is 1. The Bertz CT molecular complexity index is 1180. The standard InChI is InChI=1S/C24H26F2N2O5S/c1-24(23(30)33-2,20-16-19(25)8-9-21(20)26)27-22(29)18-10-13-28(14-11-18)34(31,32)15-12-17-6-4-3-5-7-17/h3-9,12,15-16,18H,10-11,13-14H2,1-2H3,(H,27,29)/b15-12+/t24-/m1/s1. The van der Waals surface area contributed by atoms with Gasteiger partial charge < -0.3 is 10.1 Å². The molecule has 1 atom stereocenters. The summed E-state index contributed by atoms with van der Waals surface area (Å²) in [6.07, 6.45) is 1.91. The van der Waals surface area contributed by atoms with Crippen LogP contribution in [-0.4, -0.2) is 44.8 Å². The lowest BCUT2D eigenvalue weighted by atomic mass is 9.89. The number of methoxy groups -OCH3 is 1. The lowest BCUT2D eigenvalue weighted by molar-refractivity contribution is -0.151. The third kappa shape index (κ3) is 5.68. The smallest absolute Gasteiger partial charge is 0.336 e. The molecule has 2 aromatic rings. The Morgan fingerprint density at radius 2 is 1.76 bits per heavy atom. The van der Waals surface area contributed by atoms with Crippen LogP contribution >= 0.6 is 0 Å². The maximum Gasteiger partial charge on any atom is 0.336 e. The van der Waals surface area contributed by atoms with E-state index in [2.05, 4.69) is 5.32 Å². The molecule has 1 heterocycles. The van der Waals surface area contributed by atoms with Crippen molar-refractivity contribution in [1.82, 2.24) is 9.62 Å². The van der Waals surface area contributed by atoms with Gasteiger partial charge in [-0.15, -0.1) is 0 Å². The van der Waals surface area contributed by atoms with E-state index in [1.165, 1.54) is 17.3 Å². The number of rotatable bonds is 7. The van der Waals surface area contributed by atoms with E-state index in [0.29, 0.717) is 0 Å². The molecule has 0 spiro atoms. The van der Waals surface area contributed by atoms with Gasteiger partial charge in [-0.1, -0.05) is 30.3 Å². The van der Waals surface area contributed by atoms with Crippen LogP contribution in [0.4, 0.5) is 8.78 Å². The molecule has 1 N–H and O–H groups in total. The zero-order valence-corrected chi connectivity index (χ0v) is 19.6. The highest BCUT2D eigenvalue weighted by Crippen LogP contribution is 2.28. The third-order valence-electron chi connectivity index (χ3n) is 5.85. The van der Waals surface area contributed by atoms with Gasteiger partial charge >= 0.3 is 5.97 Å². The van der Waals surface area contributed by atoms with E-state index in [0.717, 1.165) is 36.3 Å². The largest absolute Gasteiger partial charge is 0.467 e. The number of sulfonamides is 1. The van der Waals surface area contributed by atoms with Crippen LogP contribution in [0.1, 0.15) is 30.9 Å². The molecule has 10 heteroatoms. The number of esters is 1. The van der Waals surface area contributed by atoms with Gasteiger partial charge in [0.05, 0.1) is 7.11 Å². The number of amides is 1. The molecule has 0 unspecified atom stereocenters. The van der Waals surface area contributed by atoms with E-state index in [1.807, 2.05) is 6.07 Å². The first-order valence-electron chi connectivity index (χ1n) is 10.7. The van der Waals surface area contributed by atoms with Gasteiger partial charge in [0.2, 0.25) is 15.9 Å². The molecule has 1 saturated heterocycles. The summed E-state index contributed by atoms with van der Waals surface area (Å²) in [6.45, 7) is 1.44. The molecule has 1 aliphatic rings. The average molecular weight is 493 g/mol. The van der Waals surface area contributed by atoms with E-state index < -0.39 is 45.0 Å². The number of hydrogen-bond acceptors (Lipinski definition) is 5. The van der Waals surface area contributed by atoms with Crippen LogP contribution in [0.15, 0.2) is 53.9 Å². The minimum Gasteiger partial charge on any atom is -0.467 e. The minimum atomic E-state index is -3.68. The van der Waals surface area contributed by atoms with Gasteiger partial charge in [-0.2, -0.15) is 4.31 Å². The highest BCUT2D eigenvalue weighted by atomic mass is 32.2. The van der Waals surface area contributed by atoms with Crippen molar-refractivity contribution < 1.29 is 31.5 Å². The van der Waals surface area contributed by atoms with E-state index in [9.17, 15) is 26.8 Å². The molecular weight excluding hydrogens is 466 g/mol. The summed E-state index contributed by atoms with van der Waals surface area (Å²) >= 11 is 0. The molecule has 0 saturated carbocycles. The molecule has 34 heavy (non-hydrogen) atoms. The zero-order valence-electron chi connectivity index (χ0n) is 18.8. The van der Waals surface area contributed by atoms with Crippen LogP contribution < -0.4 is 5.32 Å². The number of piperidine rings is 1. The lowest BCUT2D eigenvalue weighted by Gasteiger charge is -2.33. The van der Waals surface area contributed by atoms with Crippen molar-refractivity contribution in [2.75, 3.05) is 20.2 Å². The fourth-order valence-corrected chi connectivity index (χ4v) is 5.07. The topological polar surface area (TPSA) is 92.8 Å². The number of halogens is 2. The summed E-state index contributed by atoms with van der Waals surface area (Å²) in [4.78, 5) is 25.4. The summed E-state index contributed by atoms with van der Waals surface area (Å²) in [5, 5.41) is 3.63. The molecule has 0 bridgehead atoms. The normalized spacial score (nSPS) is 17.3. The maximum absolute atomic E-state index is 14.4. The van der Waals surface area contributed by atoms with Crippen molar-refractivity contribution in [3.05, 3.63) is 76.7 Å². The lowest BCUT2D eigenvalue weighted by Crippen LogP contribution is -2.53. The molecule has 7 nitrogen and oxygen atoms in total. The van der Waals surface area contributed by atoms with Crippen molar-refractivity contribution in [1.29, 1.82) is 0 Å². The second-order valence-electron chi connectivity index (χ2n) is 8.16. The summed E-state index contributed by atoms with van der Waals surface area (Å²) in [6, 6.07) is 11.6. The summed E-state index contributed by atoms with van der Waals surface area (Å²) in [5.41, 5.74) is -1.58. The number of nitrogens with zero attached hydrogens (tertiary/aromatic N) is 1. The Balaban J connectivity index is 1.70. The molecule has 1 fully saturated rings. The Kier molecular flexibility index (Phi) is 7.83. The molecule has 0 radical (unpaired) electrons. The van der Waals surface area contributed by atoms with E-state index in [-0.39, 0.29) is 31.5 Å². The predicted molar refractivity (Wildman–Crippen MR) is 123 cm³/mol. The molecule has 182 valence electrons. The fourth-order valence-electron chi connectivity index (χ4n) is 3.85. The van der Waals surface area contributed by atoms with Gasteiger partial charge in [0.25, 0.3) is 0 Å². The van der Waals surface area contributed by atoms with Crippen LogP contribution in [0, 0.1) is 17.6 Å². The molecular formula is C24H26F2N2O5S. The first-order chi connectivity index (χ1) is 16.1. The zero-order chi connectivity index (χ0) is 24.9. The van der Waals surface area contributed by atoms with Gasteiger partial charge in [0, 0.05) is 30.0 Å². The van der Waals surface area contributed by atoms with Crippen molar-refractivity contribution in [3.8, 4) is 0 Å². The molecule has 1 amide bonds. The Labute approximate surface area is 197 Å². The summed E-state index contributed by atoms with van der Waals surface area (Å²) in [7, 11) is -2.60. The van der Waals surface area contributed by atoms with Crippen molar-refractivity contribution in [2.24, 2.45) is 5.92 Å². The van der Waals surface area contributed by atoms with Crippen LogP contribution in [0.2, 0.25) is 0 Å². The number of ether oxygens (including phenoxy) is 1. The quantitative estimate of drug-likeness (QED) is 0.600. The number of hydrogen-bond donors (Lipinski definition) is 1. The first kappa shape index (κ1) is 25.5. The number of carbonyl (C=O) groups excluding carboxylic acids is 2. The SMILES string of the molecule is COC(=O)[C@](C)(NC(=O)C1CCN(S(=O)(=O)/C=C/c2ccccc2)CC1)c1cc(F)ccc1F. The Morgan fingerprint density at radius 3 is 2.38 bits per heavy atom. The van der Waals surface area contributed by atoms with Gasteiger partial charge in [-0.05, 0) is 49.6 Å². The third-order valence-corrected chi connectivity index (χ3v) is 7.42. The van der Waals surface area contributed by atoms with Crippen LogP contribution in [0.3, 0.4) is 0 Å². The van der Waals surface area contributed by atoms with Gasteiger partial charge in [0.15, 0.2) is 5.54 Å². The van der Waals surface area contributed by atoms with Gasteiger partial charge in [-0.3, -0.25) is 4.79 Å². The van der Waals surface area contributed by atoms with Gasteiger partial charge in [-0.25, -0.2) is 22.0 Å². The van der Waals surface area contributed by atoms with Crippen LogP contribution in [-0.2, 0) is 29.9 Å². The van der Waals surface area contributed by atoms with Crippen LogP contribution in [0.5, 0.6) is 0 Å². The Morgan fingerprint density at radius 1 is 1.12 bits per heavy atom. The maximum atomic E-state index is 14.4. The van der Waals surface area contributed by atoms with Crippen molar-refractivity contribution in [2.45, 2.75) is 25.3 Å². The van der Waals surface area contributed by atoms with Gasteiger partial charge in [0.1, 0.15) is 11.6 Å². The molecule has 1 aliphatic heterocycles. The van der Waals surface area contributed by atoms with Crippen molar-refractivity contribution >= 4 is 28.0 Å². The number of benzene rings is 2. The minimum absolute atomic E-state index is 0.100. The molecule has 2 aromatic carbocycles. The molecule has 0 aliphatic carbocycles. The molecule has 0 aromatic heterocycles. The first-order valence-corrected chi connectivity index (χ1v) is 12.2. The van der Waals surface area contributed by atoms with E-state index in [1.54, 1.807) is 24.3 Å². The summed E-state index contributed by atoms with van der Waals surface area (Å²) < 4.78 is 59.5. The highest BCUT2D eigenvalue weighted by molar-refractivity contribution is 7.92. The highest BCUT2D eigenvalue weighted by Gasteiger charge is 2.42. The molecule has 3 rings (SSSR count). The monoisotopic (exact) mass is 492 g/mol. The average Bonchev–Trinajstić information content (AvgIpc) is 2.84. The van der Waals surface area contributed by atoms with Crippen molar-refractivity contribution in [3.63, 3.8) is 0 Å². The second-order valence-corrected chi connectivity index (χ2v) is 9.98. The van der Waals surface area contributed by atoms with E-state index in [4.69, 9.17) is 4.74 Å². The fraction of sp³-hybridized carbons (Fsp3) is 0.333. The summed E-state index contributed by atoms with van der Waals surface area (Å²) in [5.74, 6) is -3.81. The number of carbonyl (C=O) groups is 2.